The number of aryl methyl sites for hydroxylation is 1. The van der Waals surface area contributed by atoms with E-state index in [4.69, 9.17) is 0 Å². The summed E-state index contributed by atoms with van der Waals surface area (Å²) in [4.78, 5) is 12.3. The molecular formula is C18H14BrN3O. The van der Waals surface area contributed by atoms with Crippen molar-refractivity contribution in [3.8, 4) is 11.1 Å². The lowest BCUT2D eigenvalue weighted by molar-refractivity contribution is 0.102. The maximum atomic E-state index is 12.3. The number of nitrogens with one attached hydrogen (secondary N) is 2. The summed E-state index contributed by atoms with van der Waals surface area (Å²) in [5.74, 6) is -0.225. The number of anilines is 1. The molecule has 114 valence electrons. The second kappa shape index (κ2) is 5.35. The number of nitrogens with zero attached hydrogens (tertiary/aromatic N) is 1. The minimum absolute atomic E-state index is 0.225. The summed E-state index contributed by atoms with van der Waals surface area (Å²) in [6.07, 6.45) is 0.903. The normalized spacial score (nSPS) is 11.9. The predicted molar refractivity (Wildman–Crippen MR) is 93.7 cm³/mol. The monoisotopic (exact) mass is 367 g/mol. The van der Waals surface area contributed by atoms with Crippen molar-refractivity contribution in [2.24, 2.45) is 0 Å². The Morgan fingerprint density at radius 3 is 2.74 bits per heavy atom. The van der Waals surface area contributed by atoms with Gasteiger partial charge in [0.25, 0.3) is 5.91 Å². The van der Waals surface area contributed by atoms with E-state index in [1.807, 2.05) is 19.1 Å². The molecular weight excluding hydrogens is 354 g/mol. The standard InChI is InChI=1S/C18H14BrN3O/c1-10-16(19)17(22-21-10)18(23)20-13-6-7-15-12(9-13)8-11-4-2-3-5-14(11)15/h2-7,9H,8H2,1H3,(H,20,23)(H,21,22). The molecule has 1 aliphatic rings. The number of aromatic nitrogens is 2. The Morgan fingerprint density at radius 2 is 1.96 bits per heavy atom. The van der Waals surface area contributed by atoms with Gasteiger partial charge in [0, 0.05) is 11.4 Å². The Labute approximate surface area is 142 Å². The number of carbonyl (C=O) groups is 1. The maximum Gasteiger partial charge on any atom is 0.277 e. The largest absolute Gasteiger partial charge is 0.321 e. The molecule has 0 fully saturated rings. The maximum absolute atomic E-state index is 12.3. The average Bonchev–Trinajstić information content (AvgIpc) is 3.07. The minimum Gasteiger partial charge on any atom is -0.321 e. The molecule has 23 heavy (non-hydrogen) atoms. The van der Waals surface area contributed by atoms with Crippen LogP contribution in [0.25, 0.3) is 11.1 Å². The van der Waals surface area contributed by atoms with Gasteiger partial charge < -0.3 is 5.32 Å². The number of hydrogen-bond donors (Lipinski definition) is 2. The first-order valence-electron chi connectivity index (χ1n) is 7.36. The molecule has 1 aliphatic carbocycles. The number of aromatic amines is 1. The van der Waals surface area contributed by atoms with Crippen molar-refractivity contribution in [2.75, 3.05) is 5.32 Å². The smallest absolute Gasteiger partial charge is 0.277 e. The van der Waals surface area contributed by atoms with E-state index in [1.165, 1.54) is 22.3 Å². The summed E-state index contributed by atoms with van der Waals surface area (Å²) in [6, 6.07) is 14.5. The van der Waals surface area contributed by atoms with Gasteiger partial charge in [-0.15, -0.1) is 0 Å². The van der Waals surface area contributed by atoms with Crippen LogP contribution in [0.5, 0.6) is 0 Å². The van der Waals surface area contributed by atoms with Crippen LogP contribution >= 0.6 is 15.9 Å². The Balaban J connectivity index is 1.62. The summed E-state index contributed by atoms with van der Waals surface area (Å²) in [7, 11) is 0. The van der Waals surface area contributed by atoms with Crippen molar-refractivity contribution in [1.82, 2.24) is 10.2 Å². The van der Waals surface area contributed by atoms with Crippen LogP contribution < -0.4 is 5.32 Å². The zero-order valence-corrected chi connectivity index (χ0v) is 14.1. The van der Waals surface area contributed by atoms with Crippen LogP contribution in [-0.4, -0.2) is 16.1 Å². The number of rotatable bonds is 2. The molecule has 2 aromatic carbocycles. The first-order valence-corrected chi connectivity index (χ1v) is 8.16. The number of fused-ring (bicyclic) bond motifs is 3. The lowest BCUT2D eigenvalue weighted by atomic mass is 10.1. The van der Waals surface area contributed by atoms with E-state index < -0.39 is 0 Å². The molecule has 0 unspecified atom stereocenters. The molecule has 1 heterocycles. The third-order valence-corrected chi connectivity index (χ3v) is 5.11. The molecule has 5 heteroatoms. The van der Waals surface area contributed by atoms with Gasteiger partial charge in [0.15, 0.2) is 5.69 Å². The molecule has 4 rings (SSSR count). The van der Waals surface area contributed by atoms with Gasteiger partial charge in [0.05, 0.1) is 4.47 Å². The molecule has 2 N–H and O–H groups in total. The van der Waals surface area contributed by atoms with Crippen LogP contribution in [0.15, 0.2) is 46.9 Å². The van der Waals surface area contributed by atoms with Crippen LogP contribution in [0.3, 0.4) is 0 Å². The zero-order chi connectivity index (χ0) is 16.0. The van der Waals surface area contributed by atoms with E-state index in [0.29, 0.717) is 10.2 Å². The number of hydrogen-bond acceptors (Lipinski definition) is 2. The number of amides is 1. The van der Waals surface area contributed by atoms with Gasteiger partial charge in [-0.05, 0) is 63.7 Å². The van der Waals surface area contributed by atoms with E-state index in [1.54, 1.807) is 0 Å². The summed E-state index contributed by atoms with van der Waals surface area (Å²) in [6.45, 7) is 1.86. The van der Waals surface area contributed by atoms with E-state index in [-0.39, 0.29) is 5.91 Å². The number of carbonyl (C=O) groups excluding carboxylic acids is 1. The summed E-state index contributed by atoms with van der Waals surface area (Å²) in [5, 5.41) is 9.75. The van der Waals surface area contributed by atoms with Gasteiger partial charge in [-0.25, -0.2) is 0 Å². The van der Waals surface area contributed by atoms with E-state index >= 15 is 0 Å². The van der Waals surface area contributed by atoms with Crippen LogP contribution in [0.2, 0.25) is 0 Å². The second-order valence-corrected chi connectivity index (χ2v) is 6.46. The van der Waals surface area contributed by atoms with Gasteiger partial charge in [-0.3, -0.25) is 9.89 Å². The second-order valence-electron chi connectivity index (χ2n) is 5.67. The van der Waals surface area contributed by atoms with E-state index in [9.17, 15) is 4.79 Å². The number of benzene rings is 2. The molecule has 0 bridgehead atoms. The van der Waals surface area contributed by atoms with Crippen molar-refractivity contribution >= 4 is 27.5 Å². The van der Waals surface area contributed by atoms with Gasteiger partial charge >= 0.3 is 0 Å². The molecule has 4 nitrogen and oxygen atoms in total. The molecule has 1 amide bonds. The lowest BCUT2D eigenvalue weighted by Crippen LogP contribution is -2.13. The van der Waals surface area contributed by atoms with E-state index in [0.717, 1.165) is 17.8 Å². The molecule has 3 aromatic rings. The Hall–Kier alpha value is -2.40. The van der Waals surface area contributed by atoms with Gasteiger partial charge in [-0.2, -0.15) is 5.10 Å². The highest BCUT2D eigenvalue weighted by Gasteiger charge is 2.20. The van der Waals surface area contributed by atoms with Crippen LogP contribution in [0.1, 0.15) is 27.3 Å². The predicted octanol–water partition coefficient (Wildman–Crippen LogP) is 4.30. The quantitative estimate of drug-likeness (QED) is 0.554. The molecule has 1 aromatic heterocycles. The van der Waals surface area contributed by atoms with Gasteiger partial charge in [0.2, 0.25) is 0 Å². The Kier molecular flexibility index (Phi) is 3.31. The van der Waals surface area contributed by atoms with Crippen LogP contribution in [0.4, 0.5) is 5.69 Å². The van der Waals surface area contributed by atoms with E-state index in [2.05, 4.69) is 61.8 Å². The summed E-state index contributed by atoms with van der Waals surface area (Å²) < 4.78 is 0.698. The zero-order valence-electron chi connectivity index (χ0n) is 12.5. The fraction of sp³-hybridized carbons (Fsp3) is 0.111. The Morgan fingerprint density at radius 1 is 1.17 bits per heavy atom. The van der Waals surface area contributed by atoms with Crippen LogP contribution in [-0.2, 0) is 6.42 Å². The number of halogens is 1. The number of H-pyrrole nitrogens is 1. The fourth-order valence-electron chi connectivity index (χ4n) is 2.98. The lowest BCUT2D eigenvalue weighted by Gasteiger charge is -2.07. The summed E-state index contributed by atoms with van der Waals surface area (Å²) in [5.41, 5.74) is 7.08. The van der Waals surface area contributed by atoms with Crippen LogP contribution in [0, 0.1) is 6.92 Å². The molecule has 0 aliphatic heterocycles. The first kappa shape index (κ1) is 14.2. The third kappa shape index (κ3) is 2.37. The van der Waals surface area contributed by atoms with Gasteiger partial charge in [-0.1, -0.05) is 30.3 Å². The van der Waals surface area contributed by atoms with Crippen molar-refractivity contribution in [1.29, 1.82) is 0 Å². The highest BCUT2D eigenvalue weighted by molar-refractivity contribution is 9.10. The highest BCUT2D eigenvalue weighted by Crippen LogP contribution is 2.37. The molecule has 0 saturated heterocycles. The topological polar surface area (TPSA) is 57.8 Å². The molecule has 0 spiro atoms. The van der Waals surface area contributed by atoms with Crippen molar-refractivity contribution in [3.05, 3.63) is 69.5 Å². The highest BCUT2D eigenvalue weighted by atomic mass is 79.9. The van der Waals surface area contributed by atoms with Crippen molar-refractivity contribution in [2.45, 2.75) is 13.3 Å². The molecule has 0 radical (unpaired) electrons. The molecule has 0 saturated carbocycles. The van der Waals surface area contributed by atoms with Gasteiger partial charge in [0.1, 0.15) is 0 Å². The minimum atomic E-state index is -0.225. The first-order chi connectivity index (χ1) is 11.1. The van der Waals surface area contributed by atoms with Crippen molar-refractivity contribution < 1.29 is 4.79 Å². The SMILES string of the molecule is Cc1[nH]nc(C(=O)Nc2ccc3c(c2)Cc2ccccc2-3)c1Br. The average molecular weight is 368 g/mol. The summed E-state index contributed by atoms with van der Waals surface area (Å²) >= 11 is 3.38. The molecule has 0 atom stereocenters. The fourth-order valence-corrected chi connectivity index (χ4v) is 3.34. The third-order valence-electron chi connectivity index (χ3n) is 4.14. The van der Waals surface area contributed by atoms with Crippen molar-refractivity contribution in [3.63, 3.8) is 0 Å². The Bertz CT molecular complexity index is 930.